The monoisotopic (exact) mass is 288 g/mol. The van der Waals surface area contributed by atoms with Gasteiger partial charge in [0.05, 0.1) is 12.1 Å². The average Bonchev–Trinajstić information content (AvgIpc) is 2.53. The topological polar surface area (TPSA) is 46.3 Å². The second-order valence-electron chi connectivity index (χ2n) is 5.34. The van der Waals surface area contributed by atoms with Crippen LogP contribution in [0.5, 0.6) is 0 Å². The largest absolute Gasteiger partial charge is 0.339 e. The Morgan fingerprint density at radius 2 is 2.14 bits per heavy atom. The number of likely N-dealkylation sites (tertiary alicyclic amines) is 1. The molecule has 112 valence electrons. The van der Waals surface area contributed by atoms with Gasteiger partial charge in [-0.05, 0) is 37.0 Å². The lowest BCUT2D eigenvalue weighted by molar-refractivity contribution is 0.0688. The summed E-state index contributed by atoms with van der Waals surface area (Å²) in [5.74, 6) is 5.41. The lowest BCUT2D eigenvalue weighted by Gasteiger charge is -2.31. The van der Waals surface area contributed by atoms with E-state index in [0.29, 0.717) is 11.5 Å². The van der Waals surface area contributed by atoms with Crippen molar-refractivity contribution in [3.05, 3.63) is 35.1 Å². The molecular formula is C17H21FN2O. The second kappa shape index (κ2) is 7.24. The first-order chi connectivity index (χ1) is 10.2. The summed E-state index contributed by atoms with van der Waals surface area (Å²) in [7, 11) is 0. The van der Waals surface area contributed by atoms with Crippen LogP contribution in [0.2, 0.25) is 0 Å². The van der Waals surface area contributed by atoms with Gasteiger partial charge in [-0.15, -0.1) is 0 Å². The summed E-state index contributed by atoms with van der Waals surface area (Å²) in [6.07, 6.45) is 3.22. The van der Waals surface area contributed by atoms with Gasteiger partial charge >= 0.3 is 0 Å². The van der Waals surface area contributed by atoms with Gasteiger partial charge in [0.1, 0.15) is 5.82 Å². The fraction of sp³-hybridized carbons (Fsp3) is 0.471. The molecule has 3 nitrogen and oxygen atoms in total. The standard InChI is InChI=1S/C17H21FN2O/c1-2-13-7-10-20(11-8-13)17(21)15-6-5-14(4-3-9-19)16(18)12-15/h5-6,12-13H,2,7-11,19H2,1H3. The molecule has 0 aromatic heterocycles. The maximum absolute atomic E-state index is 13.9. The minimum Gasteiger partial charge on any atom is -0.339 e. The van der Waals surface area contributed by atoms with Gasteiger partial charge in [0, 0.05) is 18.7 Å². The van der Waals surface area contributed by atoms with Gasteiger partial charge < -0.3 is 10.6 Å². The van der Waals surface area contributed by atoms with Crippen LogP contribution in [-0.2, 0) is 0 Å². The summed E-state index contributed by atoms with van der Waals surface area (Å²) in [4.78, 5) is 14.2. The number of carbonyl (C=O) groups is 1. The molecule has 1 aromatic carbocycles. The summed E-state index contributed by atoms with van der Waals surface area (Å²) in [6.45, 7) is 3.88. The maximum atomic E-state index is 13.9. The van der Waals surface area contributed by atoms with Crippen LogP contribution in [0.1, 0.15) is 42.1 Å². The van der Waals surface area contributed by atoms with Crippen LogP contribution in [-0.4, -0.2) is 30.4 Å². The van der Waals surface area contributed by atoms with Crippen LogP contribution in [0.15, 0.2) is 18.2 Å². The molecule has 0 unspecified atom stereocenters. The molecule has 0 bridgehead atoms. The predicted molar refractivity (Wildman–Crippen MR) is 81.3 cm³/mol. The summed E-state index contributed by atoms with van der Waals surface area (Å²) in [5, 5.41) is 0. The first kappa shape index (κ1) is 15.5. The highest BCUT2D eigenvalue weighted by Crippen LogP contribution is 2.21. The van der Waals surface area contributed by atoms with E-state index in [0.717, 1.165) is 32.4 Å². The van der Waals surface area contributed by atoms with Crippen molar-refractivity contribution < 1.29 is 9.18 Å². The molecule has 0 aliphatic carbocycles. The highest BCUT2D eigenvalue weighted by atomic mass is 19.1. The quantitative estimate of drug-likeness (QED) is 0.849. The van der Waals surface area contributed by atoms with Crippen LogP contribution in [0, 0.1) is 23.6 Å². The van der Waals surface area contributed by atoms with Gasteiger partial charge in [-0.3, -0.25) is 4.79 Å². The zero-order valence-corrected chi connectivity index (χ0v) is 12.4. The molecule has 1 fully saturated rings. The average molecular weight is 288 g/mol. The summed E-state index contributed by atoms with van der Waals surface area (Å²) < 4.78 is 13.9. The summed E-state index contributed by atoms with van der Waals surface area (Å²) in [5.41, 5.74) is 5.94. The number of nitrogens with two attached hydrogens (primary N) is 1. The zero-order chi connectivity index (χ0) is 15.2. The molecule has 21 heavy (non-hydrogen) atoms. The van der Waals surface area contributed by atoms with Gasteiger partial charge in [-0.2, -0.15) is 0 Å². The molecule has 1 aliphatic heterocycles. The number of amides is 1. The highest BCUT2D eigenvalue weighted by molar-refractivity contribution is 5.94. The number of carbonyl (C=O) groups excluding carboxylic acids is 1. The van der Waals surface area contributed by atoms with Crippen molar-refractivity contribution in [1.29, 1.82) is 0 Å². The number of piperidine rings is 1. The van der Waals surface area contributed by atoms with Crippen molar-refractivity contribution in [2.24, 2.45) is 11.7 Å². The van der Waals surface area contributed by atoms with Gasteiger partial charge in [-0.1, -0.05) is 25.2 Å². The third kappa shape index (κ3) is 3.83. The van der Waals surface area contributed by atoms with Crippen LogP contribution in [0.25, 0.3) is 0 Å². The van der Waals surface area contributed by atoms with Gasteiger partial charge in [0.25, 0.3) is 5.91 Å². The van der Waals surface area contributed by atoms with E-state index in [1.54, 1.807) is 12.1 Å². The van der Waals surface area contributed by atoms with E-state index >= 15 is 0 Å². The van der Waals surface area contributed by atoms with E-state index < -0.39 is 5.82 Å². The molecule has 0 saturated carbocycles. The van der Waals surface area contributed by atoms with Crippen LogP contribution < -0.4 is 5.73 Å². The van der Waals surface area contributed by atoms with E-state index in [1.165, 1.54) is 6.07 Å². The van der Waals surface area contributed by atoms with Gasteiger partial charge in [0.2, 0.25) is 0 Å². The van der Waals surface area contributed by atoms with Crippen LogP contribution >= 0.6 is 0 Å². The van der Waals surface area contributed by atoms with E-state index in [1.807, 2.05) is 4.90 Å². The molecule has 0 atom stereocenters. The third-order valence-corrected chi connectivity index (χ3v) is 4.02. The van der Waals surface area contributed by atoms with Crippen molar-refractivity contribution in [3.8, 4) is 11.8 Å². The van der Waals surface area contributed by atoms with Crippen LogP contribution in [0.4, 0.5) is 4.39 Å². The van der Waals surface area contributed by atoms with E-state index in [-0.39, 0.29) is 18.0 Å². The number of hydrogen-bond donors (Lipinski definition) is 1. The highest BCUT2D eigenvalue weighted by Gasteiger charge is 2.23. The zero-order valence-electron chi connectivity index (χ0n) is 12.4. The normalized spacial score (nSPS) is 15.5. The summed E-state index contributed by atoms with van der Waals surface area (Å²) >= 11 is 0. The van der Waals surface area contributed by atoms with E-state index in [9.17, 15) is 9.18 Å². The molecule has 1 aromatic rings. The Bertz CT molecular complexity index is 566. The SMILES string of the molecule is CCC1CCN(C(=O)c2ccc(C#CCN)c(F)c2)CC1. The first-order valence-corrected chi connectivity index (χ1v) is 7.43. The number of nitrogens with zero attached hydrogens (tertiary/aromatic N) is 1. The minimum absolute atomic E-state index is 0.0956. The minimum atomic E-state index is -0.467. The second-order valence-corrected chi connectivity index (χ2v) is 5.34. The maximum Gasteiger partial charge on any atom is 0.253 e. The molecule has 2 N–H and O–H groups in total. The Morgan fingerprint density at radius 1 is 1.43 bits per heavy atom. The van der Waals surface area contributed by atoms with E-state index in [2.05, 4.69) is 18.8 Å². The lowest BCUT2D eigenvalue weighted by Crippen LogP contribution is -2.38. The van der Waals surface area contributed by atoms with Gasteiger partial charge in [-0.25, -0.2) is 4.39 Å². The Morgan fingerprint density at radius 3 is 2.71 bits per heavy atom. The summed E-state index contributed by atoms with van der Waals surface area (Å²) in [6, 6.07) is 4.46. The molecule has 1 heterocycles. The Balaban J connectivity index is 2.08. The first-order valence-electron chi connectivity index (χ1n) is 7.43. The molecule has 4 heteroatoms. The van der Waals surface area contributed by atoms with Crippen molar-refractivity contribution >= 4 is 5.91 Å². The number of rotatable bonds is 2. The fourth-order valence-corrected chi connectivity index (χ4v) is 2.62. The van der Waals surface area contributed by atoms with Crippen molar-refractivity contribution in [2.75, 3.05) is 19.6 Å². The molecule has 2 rings (SSSR count). The van der Waals surface area contributed by atoms with Gasteiger partial charge in [0.15, 0.2) is 0 Å². The lowest BCUT2D eigenvalue weighted by atomic mass is 9.94. The van der Waals surface area contributed by atoms with Crippen molar-refractivity contribution in [1.82, 2.24) is 4.90 Å². The molecule has 0 spiro atoms. The van der Waals surface area contributed by atoms with Crippen molar-refractivity contribution in [2.45, 2.75) is 26.2 Å². The third-order valence-electron chi connectivity index (χ3n) is 4.02. The van der Waals surface area contributed by atoms with Crippen LogP contribution in [0.3, 0.4) is 0 Å². The Hall–Kier alpha value is -1.86. The molecule has 1 amide bonds. The Kier molecular flexibility index (Phi) is 5.35. The number of benzene rings is 1. The number of hydrogen-bond acceptors (Lipinski definition) is 2. The molecular weight excluding hydrogens is 267 g/mol. The Labute approximate surface area is 125 Å². The molecule has 1 saturated heterocycles. The number of halogens is 1. The fourth-order valence-electron chi connectivity index (χ4n) is 2.62. The molecule has 1 aliphatic rings. The van der Waals surface area contributed by atoms with E-state index in [4.69, 9.17) is 5.73 Å². The smallest absolute Gasteiger partial charge is 0.253 e. The van der Waals surface area contributed by atoms with Crippen molar-refractivity contribution in [3.63, 3.8) is 0 Å². The molecule has 0 radical (unpaired) electrons. The predicted octanol–water partition coefficient (Wildman–Crippen LogP) is 2.40.